The zero-order valence-electron chi connectivity index (χ0n) is 20.0. The van der Waals surface area contributed by atoms with Gasteiger partial charge in [0.1, 0.15) is 41.4 Å². The van der Waals surface area contributed by atoms with Crippen LogP contribution < -0.4 is 0 Å². The summed E-state index contributed by atoms with van der Waals surface area (Å²) in [5, 5.41) is 33.1. The van der Waals surface area contributed by atoms with Crippen LogP contribution in [0.15, 0.2) is 23.5 Å². The molecule has 2 fully saturated rings. The van der Waals surface area contributed by atoms with Crippen LogP contribution in [-0.4, -0.2) is 80.4 Å². The molecule has 1 aromatic heterocycles. The number of aliphatic hydroxyl groups excluding tert-OH is 2. The van der Waals surface area contributed by atoms with Crippen LogP contribution in [0.5, 0.6) is 0 Å². The summed E-state index contributed by atoms with van der Waals surface area (Å²) >= 11 is 0. The summed E-state index contributed by atoms with van der Waals surface area (Å²) in [7, 11) is 1.43. The van der Waals surface area contributed by atoms with Crippen LogP contribution in [0.3, 0.4) is 0 Å². The molecule has 1 saturated heterocycles. The highest BCUT2D eigenvalue weighted by molar-refractivity contribution is 5.87. The van der Waals surface area contributed by atoms with Crippen molar-refractivity contribution in [3.8, 4) is 11.3 Å². The van der Waals surface area contributed by atoms with Gasteiger partial charge >= 0.3 is 0 Å². The number of benzene rings is 1. The number of aromatic nitrogens is 3. The van der Waals surface area contributed by atoms with E-state index in [1.165, 1.54) is 18.0 Å². The summed E-state index contributed by atoms with van der Waals surface area (Å²) in [5.74, 6) is -4.13. The SMILES string of the molecule is CO[C@@H]1[C@@H](n2cc(-c3cc(F)c(F)c(F)c3)nn2)[C@@H](O)[C@@H](CO)O[C@@H]1CC1=NOC2(CCC(=O)CC2)C1. The maximum absolute atomic E-state index is 13.7. The number of Topliss-reactive ketones (excluding diaryl/α,β-unsaturated/α-hetero) is 1. The largest absolute Gasteiger partial charge is 0.394 e. The lowest BCUT2D eigenvalue weighted by atomic mass is 9.80. The molecule has 0 amide bonds. The van der Waals surface area contributed by atoms with Gasteiger partial charge in [0.05, 0.1) is 24.6 Å². The number of oxime groups is 1. The lowest BCUT2D eigenvalue weighted by molar-refractivity contribution is -0.210. The minimum Gasteiger partial charge on any atom is -0.394 e. The Morgan fingerprint density at radius 3 is 2.54 bits per heavy atom. The number of hydrogen-bond donors (Lipinski definition) is 2. The van der Waals surface area contributed by atoms with Crippen LogP contribution >= 0.6 is 0 Å². The van der Waals surface area contributed by atoms with Crippen LogP contribution in [0.25, 0.3) is 11.3 Å². The number of methoxy groups -OCH3 is 1. The van der Waals surface area contributed by atoms with Crippen LogP contribution in [-0.2, 0) is 19.1 Å². The molecule has 0 radical (unpaired) electrons. The lowest BCUT2D eigenvalue weighted by Crippen LogP contribution is -2.57. The summed E-state index contributed by atoms with van der Waals surface area (Å²) in [5.41, 5.74) is 0.216. The fourth-order valence-electron chi connectivity index (χ4n) is 5.38. The van der Waals surface area contributed by atoms with Gasteiger partial charge in [0.25, 0.3) is 0 Å². The molecular weight excluding hydrogens is 497 g/mol. The number of nitrogens with zero attached hydrogens (tertiary/aromatic N) is 4. The minimum absolute atomic E-state index is 0.0397. The van der Waals surface area contributed by atoms with Gasteiger partial charge in [0, 0.05) is 38.4 Å². The molecule has 1 saturated carbocycles. The van der Waals surface area contributed by atoms with E-state index >= 15 is 0 Å². The molecule has 3 aliphatic rings. The summed E-state index contributed by atoms with van der Waals surface area (Å²) in [6, 6.07) is 0.710. The topological polar surface area (TPSA) is 128 Å². The van der Waals surface area contributed by atoms with Gasteiger partial charge in [-0.1, -0.05) is 10.4 Å². The van der Waals surface area contributed by atoms with Gasteiger partial charge in [-0.2, -0.15) is 0 Å². The molecule has 0 unspecified atom stereocenters. The van der Waals surface area contributed by atoms with E-state index < -0.39 is 60.1 Å². The first kappa shape index (κ1) is 25.8. The average Bonchev–Trinajstić information content (AvgIpc) is 3.52. The maximum Gasteiger partial charge on any atom is 0.194 e. The Bertz CT molecular complexity index is 1170. The second-order valence-corrected chi connectivity index (χ2v) is 9.77. The highest BCUT2D eigenvalue weighted by Crippen LogP contribution is 2.40. The Hall–Kier alpha value is -2.87. The predicted octanol–water partition coefficient (Wildman–Crippen LogP) is 2.09. The predicted molar refractivity (Wildman–Crippen MR) is 121 cm³/mol. The van der Waals surface area contributed by atoms with Crippen LogP contribution in [0.1, 0.15) is 44.6 Å². The number of halogens is 3. The van der Waals surface area contributed by atoms with Crippen LogP contribution in [0.2, 0.25) is 0 Å². The van der Waals surface area contributed by atoms with Crippen molar-refractivity contribution in [2.45, 2.75) is 74.6 Å². The first-order valence-electron chi connectivity index (χ1n) is 12.0. The Morgan fingerprint density at radius 2 is 1.89 bits per heavy atom. The van der Waals surface area contributed by atoms with Crippen LogP contribution in [0, 0.1) is 17.5 Å². The van der Waals surface area contributed by atoms with E-state index in [2.05, 4.69) is 15.5 Å². The fraction of sp³-hybridized carbons (Fsp3) is 0.583. The molecule has 2 N–H and O–H groups in total. The van der Waals surface area contributed by atoms with Gasteiger partial charge in [-0.05, 0) is 25.0 Å². The number of carbonyl (C=O) groups excluding carboxylic acids is 1. The van der Waals surface area contributed by atoms with Gasteiger partial charge < -0.3 is 24.5 Å². The van der Waals surface area contributed by atoms with Gasteiger partial charge in [0.15, 0.2) is 17.5 Å². The highest BCUT2D eigenvalue weighted by atomic mass is 19.2. The third kappa shape index (κ3) is 4.88. The molecule has 5 atom stereocenters. The van der Waals surface area contributed by atoms with Crippen molar-refractivity contribution in [2.24, 2.45) is 5.16 Å². The number of aliphatic hydroxyl groups is 2. The van der Waals surface area contributed by atoms with Crippen molar-refractivity contribution in [1.82, 2.24) is 15.0 Å². The van der Waals surface area contributed by atoms with E-state index in [0.29, 0.717) is 37.8 Å². The Kier molecular flexibility index (Phi) is 7.05. The molecule has 200 valence electrons. The smallest absolute Gasteiger partial charge is 0.194 e. The van der Waals surface area contributed by atoms with Crippen molar-refractivity contribution in [3.05, 3.63) is 35.8 Å². The van der Waals surface area contributed by atoms with Gasteiger partial charge in [-0.3, -0.25) is 4.79 Å². The van der Waals surface area contributed by atoms with E-state index in [-0.39, 0.29) is 23.5 Å². The Labute approximate surface area is 210 Å². The second-order valence-electron chi connectivity index (χ2n) is 9.77. The standard InChI is InChI=1S/C24H27F3N4O6/c1-35-23-18(8-13-9-24(37-29-13)4-2-14(33)3-5-24)36-19(11-32)22(34)21(23)31-10-17(28-30-31)12-6-15(25)20(27)16(26)7-12/h6-7,10,18-19,21-23,32,34H,2-5,8-9,11H2,1H3/t18-,19-,21+,22+,23+/m1/s1. The normalized spacial score (nSPS) is 29.4. The zero-order valence-corrected chi connectivity index (χ0v) is 20.0. The number of carbonyl (C=O) groups is 1. The van der Waals surface area contributed by atoms with Crippen molar-refractivity contribution >= 4 is 11.5 Å². The third-order valence-corrected chi connectivity index (χ3v) is 7.38. The molecule has 2 aromatic rings. The molecule has 5 rings (SSSR count). The van der Waals surface area contributed by atoms with E-state index in [0.717, 1.165) is 12.1 Å². The Balaban J connectivity index is 1.38. The van der Waals surface area contributed by atoms with Crippen molar-refractivity contribution < 1.29 is 42.5 Å². The number of rotatable bonds is 6. The summed E-state index contributed by atoms with van der Waals surface area (Å²) in [6.07, 6.45) is 0.545. The average molecular weight is 524 g/mol. The van der Waals surface area contributed by atoms with Crippen molar-refractivity contribution in [1.29, 1.82) is 0 Å². The van der Waals surface area contributed by atoms with Gasteiger partial charge in [-0.15, -0.1) is 5.10 Å². The van der Waals surface area contributed by atoms with E-state index in [4.69, 9.17) is 14.3 Å². The molecule has 1 aromatic carbocycles. The molecule has 1 spiro atoms. The molecular formula is C24H27F3N4O6. The fourth-order valence-corrected chi connectivity index (χ4v) is 5.38. The minimum atomic E-state index is -1.59. The molecule has 13 heteroatoms. The third-order valence-electron chi connectivity index (χ3n) is 7.38. The van der Waals surface area contributed by atoms with Crippen molar-refractivity contribution in [2.75, 3.05) is 13.7 Å². The zero-order chi connectivity index (χ0) is 26.3. The van der Waals surface area contributed by atoms with E-state index in [9.17, 15) is 28.2 Å². The van der Waals surface area contributed by atoms with E-state index in [1.54, 1.807) is 0 Å². The monoisotopic (exact) mass is 524 g/mol. The number of hydrogen-bond acceptors (Lipinski definition) is 9. The maximum atomic E-state index is 13.7. The van der Waals surface area contributed by atoms with Gasteiger partial charge in [0.2, 0.25) is 0 Å². The number of ketones is 1. The first-order chi connectivity index (χ1) is 17.7. The van der Waals surface area contributed by atoms with Gasteiger partial charge in [-0.25, -0.2) is 17.9 Å². The Morgan fingerprint density at radius 1 is 1.19 bits per heavy atom. The molecule has 0 bridgehead atoms. The summed E-state index contributed by atoms with van der Waals surface area (Å²) in [4.78, 5) is 17.4. The quantitative estimate of drug-likeness (QED) is 0.550. The molecule has 3 heterocycles. The van der Waals surface area contributed by atoms with Crippen molar-refractivity contribution in [3.63, 3.8) is 0 Å². The molecule has 37 heavy (non-hydrogen) atoms. The second kappa shape index (κ2) is 10.1. The molecule has 2 aliphatic heterocycles. The highest BCUT2D eigenvalue weighted by Gasteiger charge is 2.49. The molecule has 1 aliphatic carbocycles. The van der Waals surface area contributed by atoms with E-state index in [1.807, 2.05) is 0 Å². The summed E-state index contributed by atoms with van der Waals surface area (Å²) < 4.78 is 53.8. The molecule has 10 nitrogen and oxygen atoms in total. The number of ether oxygens (including phenoxy) is 2. The lowest BCUT2D eigenvalue weighted by Gasteiger charge is -2.43. The summed E-state index contributed by atoms with van der Waals surface area (Å²) in [6.45, 7) is -0.491. The van der Waals surface area contributed by atoms with Crippen LogP contribution in [0.4, 0.5) is 13.2 Å². The first-order valence-corrected chi connectivity index (χ1v) is 12.0.